The Balaban J connectivity index is 2.82. The van der Waals surface area contributed by atoms with Gasteiger partial charge in [0.05, 0.1) is 12.3 Å². The van der Waals surface area contributed by atoms with E-state index in [2.05, 4.69) is 0 Å². The van der Waals surface area contributed by atoms with Crippen LogP contribution in [0.1, 0.15) is 13.8 Å². The maximum Gasteiger partial charge on any atom is 0.425 e. The fourth-order valence-electron chi connectivity index (χ4n) is 1.14. The molecular formula is C11H14F3NO2. The first-order valence-electron chi connectivity index (χ1n) is 5.10. The van der Waals surface area contributed by atoms with Crippen molar-refractivity contribution in [3.8, 4) is 11.5 Å². The van der Waals surface area contributed by atoms with Crippen molar-refractivity contribution in [3.63, 3.8) is 0 Å². The molecule has 0 saturated heterocycles. The van der Waals surface area contributed by atoms with E-state index in [0.717, 1.165) is 6.92 Å². The Bertz CT molecular complexity index is 379. The Morgan fingerprint density at radius 3 is 2.53 bits per heavy atom. The Kier molecular flexibility index (Phi) is 4.09. The van der Waals surface area contributed by atoms with E-state index in [0.29, 0.717) is 18.0 Å². The first-order valence-corrected chi connectivity index (χ1v) is 5.10. The molecule has 0 spiro atoms. The molecule has 1 aromatic carbocycles. The van der Waals surface area contributed by atoms with E-state index in [9.17, 15) is 13.2 Å². The average molecular weight is 249 g/mol. The van der Waals surface area contributed by atoms with Gasteiger partial charge in [-0.25, -0.2) is 0 Å². The van der Waals surface area contributed by atoms with Crippen molar-refractivity contribution in [1.82, 2.24) is 0 Å². The monoisotopic (exact) mass is 249 g/mol. The molecule has 0 bridgehead atoms. The highest BCUT2D eigenvalue weighted by Gasteiger charge is 2.38. The molecular weight excluding hydrogens is 235 g/mol. The summed E-state index contributed by atoms with van der Waals surface area (Å²) >= 11 is 0. The minimum Gasteiger partial charge on any atom is -0.492 e. The Morgan fingerprint density at radius 2 is 2.00 bits per heavy atom. The van der Waals surface area contributed by atoms with E-state index in [1.54, 1.807) is 6.92 Å². The van der Waals surface area contributed by atoms with Crippen molar-refractivity contribution in [2.45, 2.75) is 26.1 Å². The van der Waals surface area contributed by atoms with Gasteiger partial charge in [-0.15, -0.1) is 0 Å². The van der Waals surface area contributed by atoms with Gasteiger partial charge in [-0.05, 0) is 26.0 Å². The summed E-state index contributed by atoms with van der Waals surface area (Å²) in [7, 11) is 0. The second kappa shape index (κ2) is 5.16. The molecule has 0 amide bonds. The molecule has 0 saturated carbocycles. The lowest BCUT2D eigenvalue weighted by Gasteiger charge is -2.18. The summed E-state index contributed by atoms with van der Waals surface area (Å²) in [6.45, 7) is 3.07. The molecule has 0 heterocycles. The number of nitrogen functional groups attached to an aromatic ring is 1. The molecule has 0 aliphatic heterocycles. The number of benzene rings is 1. The summed E-state index contributed by atoms with van der Waals surface area (Å²) in [5, 5.41) is 0. The lowest BCUT2D eigenvalue weighted by atomic mass is 10.2. The molecule has 96 valence electrons. The quantitative estimate of drug-likeness (QED) is 0.834. The van der Waals surface area contributed by atoms with Crippen LogP contribution in [0, 0.1) is 0 Å². The van der Waals surface area contributed by atoms with Crippen LogP contribution in [0.15, 0.2) is 18.2 Å². The van der Waals surface area contributed by atoms with E-state index < -0.39 is 12.3 Å². The number of rotatable bonds is 4. The molecule has 0 aliphatic rings. The van der Waals surface area contributed by atoms with Gasteiger partial charge in [-0.2, -0.15) is 13.2 Å². The molecule has 6 heteroatoms. The van der Waals surface area contributed by atoms with Gasteiger partial charge in [-0.3, -0.25) is 0 Å². The molecule has 0 aliphatic carbocycles. The van der Waals surface area contributed by atoms with Crippen LogP contribution in [0.3, 0.4) is 0 Å². The minimum absolute atomic E-state index is 0.0764. The fourth-order valence-corrected chi connectivity index (χ4v) is 1.14. The molecule has 3 nitrogen and oxygen atoms in total. The number of halogens is 3. The van der Waals surface area contributed by atoms with Crippen LogP contribution in [-0.2, 0) is 0 Å². The molecule has 17 heavy (non-hydrogen) atoms. The number of hydrogen-bond acceptors (Lipinski definition) is 3. The highest BCUT2D eigenvalue weighted by molar-refractivity contribution is 5.55. The van der Waals surface area contributed by atoms with Crippen molar-refractivity contribution in [2.75, 3.05) is 12.3 Å². The molecule has 1 atom stereocenters. The van der Waals surface area contributed by atoms with Gasteiger partial charge in [0, 0.05) is 6.07 Å². The third-order valence-corrected chi connectivity index (χ3v) is 2.06. The van der Waals surface area contributed by atoms with Crippen LogP contribution in [0.4, 0.5) is 18.9 Å². The predicted octanol–water partition coefficient (Wildman–Crippen LogP) is 3.00. The van der Waals surface area contributed by atoms with Gasteiger partial charge >= 0.3 is 6.18 Å². The van der Waals surface area contributed by atoms with Crippen LogP contribution in [0.2, 0.25) is 0 Å². The second-order valence-electron chi connectivity index (χ2n) is 3.43. The number of hydrogen-bond donors (Lipinski definition) is 1. The highest BCUT2D eigenvalue weighted by Crippen LogP contribution is 2.30. The average Bonchev–Trinajstić information content (AvgIpc) is 2.22. The molecule has 0 radical (unpaired) electrons. The Morgan fingerprint density at radius 1 is 1.35 bits per heavy atom. The zero-order chi connectivity index (χ0) is 13.1. The van der Waals surface area contributed by atoms with Crippen LogP contribution in [0.25, 0.3) is 0 Å². The summed E-state index contributed by atoms with van der Waals surface area (Å²) in [5.41, 5.74) is 5.95. The number of nitrogens with two attached hydrogens (primary N) is 1. The van der Waals surface area contributed by atoms with E-state index in [-0.39, 0.29) is 5.75 Å². The van der Waals surface area contributed by atoms with Crippen LogP contribution < -0.4 is 15.2 Å². The predicted molar refractivity (Wildman–Crippen MR) is 58.2 cm³/mol. The molecule has 1 aromatic rings. The second-order valence-corrected chi connectivity index (χ2v) is 3.43. The number of anilines is 1. The van der Waals surface area contributed by atoms with Crippen LogP contribution in [-0.4, -0.2) is 18.9 Å². The standard InChI is InChI=1S/C11H14F3NO2/c1-3-16-10-6-8(4-5-9(10)15)17-7(2)11(12,13)14/h4-7H,3,15H2,1-2H3. The Hall–Kier alpha value is -1.59. The summed E-state index contributed by atoms with van der Waals surface area (Å²) in [5.74, 6) is 0.395. The summed E-state index contributed by atoms with van der Waals surface area (Å²) < 4.78 is 46.8. The van der Waals surface area contributed by atoms with Crippen LogP contribution >= 0.6 is 0 Å². The van der Waals surface area contributed by atoms with Crippen molar-refractivity contribution in [1.29, 1.82) is 0 Å². The molecule has 1 unspecified atom stereocenters. The SMILES string of the molecule is CCOc1cc(OC(C)C(F)(F)F)ccc1N. The summed E-state index contributed by atoms with van der Waals surface area (Å²) in [6.07, 6.45) is -6.27. The highest BCUT2D eigenvalue weighted by atomic mass is 19.4. The first kappa shape index (κ1) is 13.5. The third-order valence-electron chi connectivity index (χ3n) is 2.06. The number of ether oxygens (including phenoxy) is 2. The molecule has 0 fully saturated rings. The van der Waals surface area contributed by atoms with Crippen LogP contribution in [0.5, 0.6) is 11.5 Å². The van der Waals surface area contributed by atoms with E-state index in [4.69, 9.17) is 15.2 Å². The van der Waals surface area contributed by atoms with Gasteiger partial charge in [0.15, 0.2) is 6.10 Å². The largest absolute Gasteiger partial charge is 0.492 e. The zero-order valence-electron chi connectivity index (χ0n) is 9.54. The van der Waals surface area contributed by atoms with Gasteiger partial charge in [0.1, 0.15) is 11.5 Å². The molecule has 0 aromatic heterocycles. The van der Waals surface area contributed by atoms with Gasteiger partial charge in [0.2, 0.25) is 0 Å². The number of alkyl halides is 3. The van der Waals surface area contributed by atoms with Gasteiger partial charge in [0.25, 0.3) is 0 Å². The molecule has 2 N–H and O–H groups in total. The Labute approximate surface area is 97.3 Å². The van der Waals surface area contributed by atoms with Gasteiger partial charge in [-0.1, -0.05) is 0 Å². The van der Waals surface area contributed by atoms with E-state index in [1.165, 1.54) is 18.2 Å². The fraction of sp³-hybridized carbons (Fsp3) is 0.455. The minimum atomic E-state index is -4.40. The van der Waals surface area contributed by atoms with Crippen molar-refractivity contribution < 1.29 is 22.6 Å². The summed E-state index contributed by atoms with van der Waals surface area (Å²) in [4.78, 5) is 0. The smallest absolute Gasteiger partial charge is 0.425 e. The lowest BCUT2D eigenvalue weighted by molar-refractivity contribution is -0.189. The van der Waals surface area contributed by atoms with Crippen molar-refractivity contribution >= 4 is 5.69 Å². The van der Waals surface area contributed by atoms with Gasteiger partial charge < -0.3 is 15.2 Å². The summed E-state index contributed by atoms with van der Waals surface area (Å²) in [6, 6.07) is 4.17. The normalized spacial score (nSPS) is 13.2. The topological polar surface area (TPSA) is 44.5 Å². The third kappa shape index (κ3) is 3.72. The first-order chi connectivity index (χ1) is 7.84. The van der Waals surface area contributed by atoms with E-state index in [1.807, 2.05) is 0 Å². The van der Waals surface area contributed by atoms with Crippen molar-refractivity contribution in [2.24, 2.45) is 0 Å². The van der Waals surface area contributed by atoms with Crippen molar-refractivity contribution in [3.05, 3.63) is 18.2 Å². The maximum atomic E-state index is 12.3. The lowest BCUT2D eigenvalue weighted by Crippen LogP contribution is -2.31. The van der Waals surface area contributed by atoms with E-state index >= 15 is 0 Å². The maximum absolute atomic E-state index is 12.3. The molecule has 1 rings (SSSR count). The zero-order valence-corrected chi connectivity index (χ0v) is 9.54.